The minimum absolute atomic E-state index is 0.195. The summed E-state index contributed by atoms with van der Waals surface area (Å²) in [4.78, 5) is 11.8. The highest BCUT2D eigenvalue weighted by molar-refractivity contribution is 5.89. The molecule has 0 spiro atoms. The zero-order valence-electron chi connectivity index (χ0n) is 11.4. The van der Waals surface area contributed by atoms with Gasteiger partial charge >= 0.3 is 6.03 Å². The van der Waals surface area contributed by atoms with Crippen LogP contribution in [0.2, 0.25) is 0 Å². The normalized spacial score (nSPS) is 11.7. The van der Waals surface area contributed by atoms with Crippen molar-refractivity contribution in [1.29, 1.82) is 0 Å². The van der Waals surface area contributed by atoms with Gasteiger partial charge < -0.3 is 15.7 Å². The van der Waals surface area contributed by atoms with E-state index in [1.54, 1.807) is 24.3 Å². The van der Waals surface area contributed by atoms with Gasteiger partial charge in [0.25, 0.3) is 0 Å². The molecule has 0 aliphatic rings. The van der Waals surface area contributed by atoms with Gasteiger partial charge in [0.2, 0.25) is 0 Å². The summed E-state index contributed by atoms with van der Waals surface area (Å²) in [6.07, 6.45) is 0.430. The van der Waals surface area contributed by atoms with Crippen molar-refractivity contribution in [2.24, 2.45) is 0 Å². The summed E-state index contributed by atoms with van der Waals surface area (Å²) in [6.45, 7) is -0.195. The van der Waals surface area contributed by atoms with E-state index in [0.717, 1.165) is 5.56 Å². The van der Waals surface area contributed by atoms with E-state index in [1.165, 1.54) is 12.1 Å². The fraction of sp³-hybridized carbons (Fsp3) is 0.188. The van der Waals surface area contributed by atoms with Gasteiger partial charge in [-0.25, -0.2) is 9.18 Å². The van der Waals surface area contributed by atoms with E-state index in [4.69, 9.17) is 0 Å². The number of aliphatic hydroxyl groups is 1. The Hall–Kier alpha value is -2.40. The van der Waals surface area contributed by atoms with Crippen LogP contribution in [0.3, 0.4) is 0 Å². The monoisotopic (exact) mass is 288 g/mol. The summed E-state index contributed by atoms with van der Waals surface area (Å²) >= 11 is 0. The number of nitrogens with one attached hydrogen (secondary N) is 2. The lowest BCUT2D eigenvalue weighted by atomic mass is 10.1. The zero-order chi connectivity index (χ0) is 15.1. The van der Waals surface area contributed by atoms with E-state index in [9.17, 15) is 14.3 Å². The Labute approximate surface area is 122 Å². The second kappa shape index (κ2) is 7.40. The number of halogens is 1. The summed E-state index contributed by atoms with van der Waals surface area (Å²) in [6, 6.07) is 14.2. The number of benzene rings is 2. The molecule has 21 heavy (non-hydrogen) atoms. The Balaban J connectivity index is 1.89. The van der Waals surface area contributed by atoms with Gasteiger partial charge in [-0.3, -0.25) is 0 Å². The van der Waals surface area contributed by atoms with Crippen molar-refractivity contribution < 1.29 is 14.3 Å². The summed E-state index contributed by atoms with van der Waals surface area (Å²) in [5, 5.41) is 14.7. The molecule has 0 aromatic heterocycles. The molecule has 0 heterocycles. The maximum Gasteiger partial charge on any atom is 0.319 e. The second-order valence-electron chi connectivity index (χ2n) is 4.67. The van der Waals surface area contributed by atoms with Crippen molar-refractivity contribution in [3.05, 3.63) is 66.0 Å². The van der Waals surface area contributed by atoms with Crippen LogP contribution in [0.1, 0.15) is 5.56 Å². The predicted octanol–water partition coefficient (Wildman–Crippen LogP) is 2.55. The number of aliphatic hydroxyl groups excluding tert-OH is 1. The Kier molecular flexibility index (Phi) is 5.29. The van der Waals surface area contributed by atoms with Crippen LogP contribution in [0.5, 0.6) is 0 Å². The third-order valence-corrected chi connectivity index (χ3v) is 2.98. The van der Waals surface area contributed by atoms with Gasteiger partial charge in [0, 0.05) is 5.69 Å². The Morgan fingerprint density at radius 3 is 2.38 bits per heavy atom. The van der Waals surface area contributed by atoms with Crippen LogP contribution in [0, 0.1) is 5.82 Å². The molecule has 110 valence electrons. The zero-order valence-corrected chi connectivity index (χ0v) is 11.4. The van der Waals surface area contributed by atoms with E-state index in [-0.39, 0.29) is 18.5 Å². The number of hydrogen-bond acceptors (Lipinski definition) is 2. The molecule has 1 atom stereocenters. The number of hydrogen-bond donors (Lipinski definition) is 3. The molecule has 0 aliphatic heterocycles. The molecule has 2 rings (SSSR count). The van der Waals surface area contributed by atoms with Crippen LogP contribution in [0.25, 0.3) is 0 Å². The first kappa shape index (κ1) is 15.0. The highest BCUT2D eigenvalue weighted by atomic mass is 19.1. The van der Waals surface area contributed by atoms with Gasteiger partial charge in [-0.1, -0.05) is 30.3 Å². The second-order valence-corrected chi connectivity index (χ2v) is 4.67. The fourth-order valence-corrected chi connectivity index (χ4v) is 1.94. The topological polar surface area (TPSA) is 61.4 Å². The Bertz CT molecular complexity index is 573. The molecule has 0 bridgehead atoms. The van der Waals surface area contributed by atoms with Crippen LogP contribution in [-0.2, 0) is 6.42 Å². The first-order valence-corrected chi connectivity index (χ1v) is 6.65. The third kappa shape index (κ3) is 4.89. The summed E-state index contributed by atoms with van der Waals surface area (Å²) in [5.41, 5.74) is 1.52. The van der Waals surface area contributed by atoms with Gasteiger partial charge in [0.15, 0.2) is 0 Å². The lowest BCUT2D eigenvalue weighted by molar-refractivity contribution is 0.224. The standard InChI is InChI=1S/C16H17FN2O2/c17-13-8-6-12(7-9-13)10-15(11-20)19-16(21)18-14-4-2-1-3-5-14/h1-9,15,20H,10-11H2,(H2,18,19,21). The molecule has 0 fully saturated rings. The average Bonchev–Trinajstić information content (AvgIpc) is 2.49. The molecule has 0 saturated carbocycles. The van der Waals surface area contributed by atoms with Crippen LogP contribution in [0.4, 0.5) is 14.9 Å². The van der Waals surface area contributed by atoms with Gasteiger partial charge in [0.05, 0.1) is 12.6 Å². The van der Waals surface area contributed by atoms with Crippen molar-refractivity contribution in [2.45, 2.75) is 12.5 Å². The number of urea groups is 1. The first-order chi connectivity index (χ1) is 10.2. The molecule has 3 N–H and O–H groups in total. The molecule has 0 radical (unpaired) electrons. The molecule has 1 unspecified atom stereocenters. The minimum atomic E-state index is -0.431. The van der Waals surface area contributed by atoms with Crippen molar-refractivity contribution in [2.75, 3.05) is 11.9 Å². The van der Waals surface area contributed by atoms with Gasteiger partial charge in [-0.05, 0) is 36.2 Å². The quantitative estimate of drug-likeness (QED) is 0.792. The SMILES string of the molecule is O=C(Nc1ccccc1)NC(CO)Cc1ccc(F)cc1. The molecular weight excluding hydrogens is 271 g/mol. The number of rotatable bonds is 5. The number of anilines is 1. The maximum absolute atomic E-state index is 12.8. The smallest absolute Gasteiger partial charge is 0.319 e. The Morgan fingerprint density at radius 2 is 1.76 bits per heavy atom. The van der Waals surface area contributed by atoms with Gasteiger partial charge in [-0.15, -0.1) is 0 Å². The molecular formula is C16H17FN2O2. The summed E-state index contributed by atoms with van der Waals surface area (Å²) in [5.74, 6) is -0.311. The highest BCUT2D eigenvalue weighted by Gasteiger charge is 2.12. The van der Waals surface area contributed by atoms with Gasteiger partial charge in [0.1, 0.15) is 5.82 Å². The Morgan fingerprint density at radius 1 is 1.10 bits per heavy atom. The number of amides is 2. The van der Waals surface area contributed by atoms with Crippen molar-refractivity contribution in [3.8, 4) is 0 Å². The van der Waals surface area contributed by atoms with Crippen LogP contribution in [0.15, 0.2) is 54.6 Å². The molecule has 0 aliphatic carbocycles. The van der Waals surface area contributed by atoms with E-state index in [0.29, 0.717) is 12.1 Å². The molecule has 4 nitrogen and oxygen atoms in total. The summed E-state index contributed by atoms with van der Waals surface area (Å²) < 4.78 is 12.8. The average molecular weight is 288 g/mol. The summed E-state index contributed by atoms with van der Waals surface area (Å²) in [7, 11) is 0. The molecule has 2 amide bonds. The number of carbonyl (C=O) groups is 1. The third-order valence-electron chi connectivity index (χ3n) is 2.98. The number of carbonyl (C=O) groups excluding carboxylic acids is 1. The van der Waals surface area contributed by atoms with E-state index in [1.807, 2.05) is 18.2 Å². The van der Waals surface area contributed by atoms with E-state index < -0.39 is 6.04 Å². The lowest BCUT2D eigenvalue weighted by Crippen LogP contribution is -2.41. The van der Waals surface area contributed by atoms with Crippen LogP contribution >= 0.6 is 0 Å². The number of para-hydroxylation sites is 1. The largest absolute Gasteiger partial charge is 0.394 e. The minimum Gasteiger partial charge on any atom is -0.394 e. The van der Waals surface area contributed by atoms with Crippen LogP contribution in [-0.4, -0.2) is 23.8 Å². The van der Waals surface area contributed by atoms with Crippen molar-refractivity contribution in [3.63, 3.8) is 0 Å². The van der Waals surface area contributed by atoms with Crippen molar-refractivity contribution >= 4 is 11.7 Å². The lowest BCUT2D eigenvalue weighted by Gasteiger charge is -2.17. The highest BCUT2D eigenvalue weighted by Crippen LogP contribution is 2.07. The molecule has 2 aromatic rings. The predicted molar refractivity (Wildman–Crippen MR) is 79.6 cm³/mol. The van der Waals surface area contributed by atoms with Crippen LogP contribution < -0.4 is 10.6 Å². The molecule has 0 saturated heterocycles. The van der Waals surface area contributed by atoms with Crippen molar-refractivity contribution in [1.82, 2.24) is 5.32 Å². The maximum atomic E-state index is 12.8. The van der Waals surface area contributed by atoms with E-state index >= 15 is 0 Å². The van der Waals surface area contributed by atoms with E-state index in [2.05, 4.69) is 10.6 Å². The van der Waals surface area contributed by atoms with Gasteiger partial charge in [-0.2, -0.15) is 0 Å². The molecule has 5 heteroatoms. The first-order valence-electron chi connectivity index (χ1n) is 6.65. The molecule has 2 aromatic carbocycles. The fourth-order valence-electron chi connectivity index (χ4n) is 1.94.